The molecule has 0 aliphatic carbocycles. The molecule has 2 aromatic rings. The van der Waals surface area contributed by atoms with Gasteiger partial charge in [0, 0.05) is 11.0 Å². The van der Waals surface area contributed by atoms with Crippen LogP contribution in [0.2, 0.25) is 10.0 Å². The summed E-state index contributed by atoms with van der Waals surface area (Å²) in [7, 11) is 0. The second-order valence-electron chi connectivity index (χ2n) is 5.94. The number of thiophene rings is 1. The van der Waals surface area contributed by atoms with Crippen molar-refractivity contribution in [2.24, 2.45) is 0 Å². The number of anilines is 1. The molecule has 2 rings (SSSR count). The van der Waals surface area contributed by atoms with Crippen molar-refractivity contribution >= 4 is 57.5 Å². The average molecular weight is 412 g/mol. The average Bonchev–Trinajstić information content (AvgIpc) is 2.82. The molecule has 1 aromatic carbocycles. The highest BCUT2D eigenvalue weighted by Crippen LogP contribution is 2.33. The molecule has 0 bridgehead atoms. The van der Waals surface area contributed by atoms with E-state index in [1.165, 1.54) is 17.4 Å². The maximum Gasteiger partial charge on any atom is 0.341 e. The SMILES string of the molecule is Cc1sc(NC(=O)/C=C/c2ccc(Cl)c(Cl)c2)c(C(=O)OC(C)C)c1C. The van der Waals surface area contributed by atoms with Gasteiger partial charge >= 0.3 is 5.97 Å². The molecule has 0 spiro atoms. The molecule has 0 fully saturated rings. The Labute approximate surface area is 166 Å². The third-order valence-corrected chi connectivity index (χ3v) is 5.40. The van der Waals surface area contributed by atoms with E-state index >= 15 is 0 Å². The first kappa shape index (κ1) is 20.5. The van der Waals surface area contributed by atoms with Crippen LogP contribution in [0.15, 0.2) is 24.3 Å². The minimum atomic E-state index is -0.439. The molecule has 1 N–H and O–H groups in total. The normalized spacial score (nSPS) is 11.2. The summed E-state index contributed by atoms with van der Waals surface area (Å²) in [6.45, 7) is 7.30. The second kappa shape index (κ2) is 8.71. The van der Waals surface area contributed by atoms with Crippen molar-refractivity contribution in [3.63, 3.8) is 0 Å². The van der Waals surface area contributed by atoms with Gasteiger partial charge in [-0.25, -0.2) is 4.79 Å². The Morgan fingerprint density at radius 2 is 1.88 bits per heavy atom. The standard InChI is InChI=1S/C19H19Cl2NO3S/c1-10(2)25-19(24)17-11(3)12(4)26-18(17)22-16(23)8-6-13-5-7-14(20)15(21)9-13/h5-10H,1-4H3,(H,22,23)/b8-6+. The maximum absolute atomic E-state index is 12.3. The molecule has 1 heterocycles. The molecule has 0 atom stereocenters. The molecule has 1 aromatic heterocycles. The second-order valence-corrected chi connectivity index (χ2v) is 7.98. The number of amides is 1. The van der Waals surface area contributed by atoms with Gasteiger partial charge in [-0.3, -0.25) is 4.79 Å². The number of benzene rings is 1. The zero-order valence-corrected chi connectivity index (χ0v) is 17.2. The number of nitrogens with one attached hydrogen (secondary N) is 1. The predicted octanol–water partition coefficient (Wildman–Crippen LogP) is 5.89. The molecule has 0 saturated carbocycles. The summed E-state index contributed by atoms with van der Waals surface area (Å²) in [6.07, 6.45) is 2.76. The maximum atomic E-state index is 12.3. The number of ether oxygens (including phenoxy) is 1. The molecule has 0 aliphatic heterocycles. The molecule has 0 radical (unpaired) electrons. The lowest BCUT2D eigenvalue weighted by molar-refractivity contribution is -0.111. The number of carbonyl (C=O) groups excluding carboxylic acids is 2. The van der Waals surface area contributed by atoms with Gasteiger partial charge in [0.15, 0.2) is 0 Å². The van der Waals surface area contributed by atoms with Gasteiger partial charge in [-0.1, -0.05) is 29.3 Å². The van der Waals surface area contributed by atoms with Crippen LogP contribution in [0.3, 0.4) is 0 Å². The fourth-order valence-electron chi connectivity index (χ4n) is 2.18. The zero-order chi connectivity index (χ0) is 19.4. The van der Waals surface area contributed by atoms with E-state index in [4.69, 9.17) is 27.9 Å². The third-order valence-electron chi connectivity index (χ3n) is 3.54. The molecular weight excluding hydrogens is 393 g/mol. The quantitative estimate of drug-likeness (QED) is 0.492. The Morgan fingerprint density at radius 3 is 2.50 bits per heavy atom. The van der Waals surface area contributed by atoms with E-state index in [9.17, 15) is 9.59 Å². The van der Waals surface area contributed by atoms with Crippen molar-refractivity contribution in [1.82, 2.24) is 0 Å². The monoisotopic (exact) mass is 411 g/mol. The highest BCUT2D eigenvalue weighted by molar-refractivity contribution is 7.16. The van der Waals surface area contributed by atoms with Crippen LogP contribution in [0.5, 0.6) is 0 Å². The summed E-state index contributed by atoms with van der Waals surface area (Å²) in [5, 5.41) is 4.10. The van der Waals surface area contributed by atoms with Gasteiger partial charge in [-0.05, 0) is 57.0 Å². The molecule has 7 heteroatoms. The minimum absolute atomic E-state index is 0.236. The number of aryl methyl sites for hydroxylation is 1. The lowest BCUT2D eigenvalue weighted by atomic mass is 10.1. The van der Waals surface area contributed by atoms with E-state index in [2.05, 4.69) is 5.32 Å². The van der Waals surface area contributed by atoms with Crippen LogP contribution in [0.25, 0.3) is 6.08 Å². The highest BCUT2D eigenvalue weighted by atomic mass is 35.5. The van der Waals surface area contributed by atoms with Crippen LogP contribution in [0.4, 0.5) is 5.00 Å². The van der Waals surface area contributed by atoms with Crippen LogP contribution in [-0.4, -0.2) is 18.0 Å². The van der Waals surface area contributed by atoms with Crippen LogP contribution >= 0.6 is 34.5 Å². The summed E-state index contributed by atoms with van der Waals surface area (Å²) < 4.78 is 5.28. The minimum Gasteiger partial charge on any atom is -0.459 e. The molecule has 26 heavy (non-hydrogen) atoms. The van der Waals surface area contributed by atoms with Crippen molar-refractivity contribution < 1.29 is 14.3 Å². The van der Waals surface area contributed by atoms with Crippen molar-refractivity contribution in [2.45, 2.75) is 33.8 Å². The first-order valence-corrected chi connectivity index (χ1v) is 9.51. The smallest absolute Gasteiger partial charge is 0.341 e. The summed E-state index contributed by atoms with van der Waals surface area (Å²) in [5.41, 5.74) is 1.95. The topological polar surface area (TPSA) is 55.4 Å². The molecule has 0 saturated heterocycles. The van der Waals surface area contributed by atoms with Gasteiger partial charge in [0.25, 0.3) is 0 Å². The van der Waals surface area contributed by atoms with E-state index < -0.39 is 5.97 Å². The highest BCUT2D eigenvalue weighted by Gasteiger charge is 2.22. The first-order valence-electron chi connectivity index (χ1n) is 7.94. The van der Waals surface area contributed by atoms with Gasteiger partial charge in [0.2, 0.25) is 5.91 Å². The molecular formula is C19H19Cl2NO3S. The van der Waals surface area contributed by atoms with E-state index in [-0.39, 0.29) is 12.0 Å². The number of halogens is 2. The van der Waals surface area contributed by atoms with E-state index in [0.29, 0.717) is 20.6 Å². The lowest BCUT2D eigenvalue weighted by Crippen LogP contribution is -2.15. The number of hydrogen-bond acceptors (Lipinski definition) is 4. The van der Waals surface area contributed by atoms with Crippen LogP contribution in [0, 0.1) is 13.8 Å². The van der Waals surface area contributed by atoms with Crippen LogP contribution < -0.4 is 5.32 Å². The first-order chi connectivity index (χ1) is 12.2. The molecule has 0 aliphatic rings. The van der Waals surface area contributed by atoms with Gasteiger partial charge < -0.3 is 10.1 Å². The van der Waals surface area contributed by atoms with E-state index in [1.54, 1.807) is 38.1 Å². The fraction of sp³-hybridized carbons (Fsp3) is 0.263. The summed E-state index contributed by atoms with van der Waals surface area (Å²) in [6, 6.07) is 5.08. The molecule has 0 unspecified atom stereocenters. The van der Waals surface area contributed by atoms with Crippen molar-refractivity contribution in [2.75, 3.05) is 5.32 Å². The number of hydrogen-bond donors (Lipinski definition) is 1. The van der Waals surface area contributed by atoms with E-state index in [0.717, 1.165) is 16.0 Å². The largest absolute Gasteiger partial charge is 0.459 e. The third kappa shape index (κ3) is 5.10. The molecule has 138 valence electrons. The Bertz CT molecular complexity index is 872. The Balaban J connectivity index is 2.18. The number of carbonyl (C=O) groups is 2. The Morgan fingerprint density at radius 1 is 1.19 bits per heavy atom. The van der Waals surface area contributed by atoms with Gasteiger partial charge in [0.1, 0.15) is 5.00 Å². The van der Waals surface area contributed by atoms with Gasteiger partial charge in [0.05, 0.1) is 21.7 Å². The van der Waals surface area contributed by atoms with Crippen LogP contribution in [-0.2, 0) is 9.53 Å². The Kier molecular flexibility index (Phi) is 6.87. The van der Waals surface area contributed by atoms with Crippen molar-refractivity contribution in [3.8, 4) is 0 Å². The summed E-state index contributed by atoms with van der Waals surface area (Å²) >= 11 is 13.2. The van der Waals surface area contributed by atoms with E-state index in [1.807, 2.05) is 13.8 Å². The van der Waals surface area contributed by atoms with Crippen molar-refractivity contribution in [1.29, 1.82) is 0 Å². The van der Waals surface area contributed by atoms with Gasteiger partial charge in [-0.2, -0.15) is 0 Å². The van der Waals surface area contributed by atoms with Crippen LogP contribution in [0.1, 0.15) is 40.2 Å². The lowest BCUT2D eigenvalue weighted by Gasteiger charge is -2.09. The number of esters is 1. The summed E-state index contributed by atoms with van der Waals surface area (Å²) in [4.78, 5) is 25.5. The summed E-state index contributed by atoms with van der Waals surface area (Å²) in [5.74, 6) is -0.790. The Hall–Kier alpha value is -1.82. The fourth-order valence-corrected chi connectivity index (χ4v) is 3.53. The van der Waals surface area contributed by atoms with Crippen molar-refractivity contribution in [3.05, 3.63) is 55.9 Å². The molecule has 4 nitrogen and oxygen atoms in total. The molecule has 1 amide bonds. The van der Waals surface area contributed by atoms with Gasteiger partial charge in [-0.15, -0.1) is 11.3 Å². The zero-order valence-electron chi connectivity index (χ0n) is 14.9. The predicted molar refractivity (Wildman–Crippen MR) is 108 cm³/mol. The number of rotatable bonds is 5.